The van der Waals surface area contributed by atoms with Gasteiger partial charge in [0.2, 0.25) is 11.8 Å². The molecular weight excluding hydrogens is 344 g/mol. The molecule has 2 aromatic carbocycles. The van der Waals surface area contributed by atoms with Gasteiger partial charge in [-0.15, -0.1) is 0 Å². The van der Waals surface area contributed by atoms with Crippen LogP contribution < -0.4 is 9.80 Å². The van der Waals surface area contributed by atoms with Crippen LogP contribution in [0.15, 0.2) is 48.5 Å². The third-order valence-corrected chi connectivity index (χ3v) is 5.23. The minimum absolute atomic E-state index is 0.0358. The van der Waals surface area contributed by atoms with Gasteiger partial charge in [-0.25, -0.2) is 4.79 Å². The number of esters is 1. The number of para-hydroxylation sites is 2. The molecule has 0 N–H and O–H groups in total. The van der Waals surface area contributed by atoms with E-state index in [4.69, 9.17) is 4.74 Å². The Kier molecular flexibility index (Phi) is 4.39. The van der Waals surface area contributed by atoms with Gasteiger partial charge in [-0.3, -0.25) is 9.59 Å². The molecule has 0 spiro atoms. The van der Waals surface area contributed by atoms with Crippen LogP contribution in [0.4, 0.5) is 11.4 Å². The molecule has 0 aliphatic carbocycles. The minimum atomic E-state index is -0.498. The van der Waals surface area contributed by atoms with Gasteiger partial charge in [0.15, 0.2) is 0 Å². The summed E-state index contributed by atoms with van der Waals surface area (Å²) >= 11 is 0. The van der Waals surface area contributed by atoms with Gasteiger partial charge in [0.25, 0.3) is 0 Å². The van der Waals surface area contributed by atoms with Crippen molar-refractivity contribution in [2.75, 3.05) is 30.0 Å². The number of nitrogens with zero attached hydrogens (tertiary/aromatic N) is 2. The fourth-order valence-electron chi connectivity index (χ4n) is 3.88. The van der Waals surface area contributed by atoms with Crippen molar-refractivity contribution in [2.45, 2.75) is 12.8 Å². The molecular formula is C21H20N2O4. The summed E-state index contributed by atoms with van der Waals surface area (Å²) in [4.78, 5) is 41.0. The number of fused-ring (bicyclic) bond motifs is 1. The summed E-state index contributed by atoms with van der Waals surface area (Å²) < 4.78 is 4.81. The third kappa shape index (κ3) is 2.97. The molecule has 0 saturated carbocycles. The van der Waals surface area contributed by atoms with Crippen LogP contribution in [0.2, 0.25) is 0 Å². The lowest BCUT2D eigenvalue weighted by Crippen LogP contribution is -2.36. The molecule has 1 atom stereocenters. The topological polar surface area (TPSA) is 66.9 Å². The summed E-state index contributed by atoms with van der Waals surface area (Å²) in [6.07, 6.45) is 0.977. The fourth-order valence-corrected chi connectivity index (χ4v) is 3.88. The fraction of sp³-hybridized carbons (Fsp3) is 0.286. The summed E-state index contributed by atoms with van der Waals surface area (Å²) in [6, 6.07) is 14.7. The van der Waals surface area contributed by atoms with E-state index in [1.807, 2.05) is 24.3 Å². The van der Waals surface area contributed by atoms with Crippen molar-refractivity contribution in [3.05, 3.63) is 59.7 Å². The maximum atomic E-state index is 13.1. The van der Waals surface area contributed by atoms with E-state index in [0.29, 0.717) is 17.8 Å². The molecule has 1 fully saturated rings. The third-order valence-electron chi connectivity index (χ3n) is 5.23. The predicted octanol–water partition coefficient (Wildman–Crippen LogP) is 2.42. The molecule has 2 aromatic rings. The van der Waals surface area contributed by atoms with Crippen LogP contribution in [0.3, 0.4) is 0 Å². The maximum absolute atomic E-state index is 13.1. The molecule has 0 radical (unpaired) electrons. The predicted molar refractivity (Wildman–Crippen MR) is 101 cm³/mol. The molecule has 0 bridgehead atoms. The lowest BCUT2D eigenvalue weighted by atomic mass is 10.1. The van der Waals surface area contributed by atoms with E-state index in [0.717, 1.165) is 17.7 Å². The molecule has 6 heteroatoms. The van der Waals surface area contributed by atoms with Crippen molar-refractivity contribution in [1.29, 1.82) is 0 Å². The SMILES string of the molecule is COC(=O)c1ccccc1N1CC(C(=O)N2CCc3ccccc32)CC1=O. The van der Waals surface area contributed by atoms with Crippen molar-refractivity contribution in [3.63, 3.8) is 0 Å². The van der Waals surface area contributed by atoms with E-state index < -0.39 is 11.9 Å². The molecule has 4 rings (SSSR count). The Labute approximate surface area is 157 Å². The van der Waals surface area contributed by atoms with Gasteiger partial charge < -0.3 is 14.5 Å². The Morgan fingerprint density at radius 1 is 1.04 bits per heavy atom. The second-order valence-corrected chi connectivity index (χ2v) is 6.78. The highest BCUT2D eigenvalue weighted by Crippen LogP contribution is 2.33. The summed E-state index contributed by atoms with van der Waals surface area (Å²) in [5.74, 6) is -1.11. The highest BCUT2D eigenvalue weighted by Gasteiger charge is 2.40. The van der Waals surface area contributed by atoms with E-state index in [2.05, 4.69) is 0 Å². The van der Waals surface area contributed by atoms with Crippen molar-refractivity contribution < 1.29 is 19.1 Å². The van der Waals surface area contributed by atoms with E-state index >= 15 is 0 Å². The van der Waals surface area contributed by atoms with Crippen LogP contribution in [0.25, 0.3) is 0 Å². The lowest BCUT2D eigenvalue weighted by Gasteiger charge is -2.22. The smallest absolute Gasteiger partial charge is 0.339 e. The quantitative estimate of drug-likeness (QED) is 0.785. The van der Waals surface area contributed by atoms with Crippen LogP contribution >= 0.6 is 0 Å². The zero-order chi connectivity index (χ0) is 19.0. The van der Waals surface area contributed by atoms with Gasteiger partial charge in [-0.2, -0.15) is 0 Å². The number of carbonyl (C=O) groups is 3. The molecule has 1 saturated heterocycles. The molecule has 2 aliphatic heterocycles. The monoisotopic (exact) mass is 364 g/mol. The lowest BCUT2D eigenvalue weighted by molar-refractivity contribution is -0.124. The standard InChI is InChI=1S/C21H20N2O4/c1-27-21(26)16-7-3-5-9-18(16)23-13-15(12-19(23)24)20(25)22-11-10-14-6-2-4-8-17(14)22/h2-9,15H,10-13H2,1H3. The molecule has 6 nitrogen and oxygen atoms in total. The molecule has 1 unspecified atom stereocenters. The Bertz CT molecular complexity index is 924. The second-order valence-electron chi connectivity index (χ2n) is 6.78. The van der Waals surface area contributed by atoms with Crippen LogP contribution in [0.1, 0.15) is 22.3 Å². The highest BCUT2D eigenvalue weighted by atomic mass is 16.5. The van der Waals surface area contributed by atoms with Gasteiger partial charge in [0.1, 0.15) is 0 Å². The highest BCUT2D eigenvalue weighted by molar-refractivity contribution is 6.08. The van der Waals surface area contributed by atoms with Crippen molar-refractivity contribution >= 4 is 29.2 Å². The average molecular weight is 364 g/mol. The number of ether oxygens (including phenoxy) is 1. The number of amides is 2. The van der Waals surface area contributed by atoms with E-state index in [-0.39, 0.29) is 24.8 Å². The number of carbonyl (C=O) groups excluding carboxylic acids is 3. The van der Waals surface area contributed by atoms with Crippen molar-refractivity contribution in [3.8, 4) is 0 Å². The van der Waals surface area contributed by atoms with Gasteiger partial charge >= 0.3 is 5.97 Å². The van der Waals surface area contributed by atoms with E-state index in [1.54, 1.807) is 29.2 Å². The zero-order valence-corrected chi connectivity index (χ0v) is 15.1. The minimum Gasteiger partial charge on any atom is -0.465 e. The number of methoxy groups -OCH3 is 1. The Balaban J connectivity index is 1.57. The molecule has 0 aromatic heterocycles. The zero-order valence-electron chi connectivity index (χ0n) is 15.1. The first-order chi connectivity index (χ1) is 13.1. The Hall–Kier alpha value is -3.15. The summed E-state index contributed by atoms with van der Waals surface area (Å²) in [6.45, 7) is 0.909. The molecule has 27 heavy (non-hydrogen) atoms. The number of benzene rings is 2. The summed E-state index contributed by atoms with van der Waals surface area (Å²) in [5.41, 5.74) is 2.91. The van der Waals surface area contributed by atoms with Crippen LogP contribution in [-0.4, -0.2) is 38.0 Å². The van der Waals surface area contributed by atoms with E-state index in [9.17, 15) is 14.4 Å². The summed E-state index contributed by atoms with van der Waals surface area (Å²) in [5, 5.41) is 0. The van der Waals surface area contributed by atoms with Gasteiger partial charge in [0, 0.05) is 25.2 Å². The second kappa shape index (κ2) is 6.87. The first kappa shape index (κ1) is 17.3. The first-order valence-corrected chi connectivity index (χ1v) is 8.97. The maximum Gasteiger partial charge on any atom is 0.339 e. The number of rotatable bonds is 3. The Morgan fingerprint density at radius 2 is 1.74 bits per heavy atom. The largest absolute Gasteiger partial charge is 0.465 e. The molecule has 2 heterocycles. The van der Waals surface area contributed by atoms with E-state index in [1.165, 1.54) is 12.0 Å². The normalized spacial score (nSPS) is 18.6. The van der Waals surface area contributed by atoms with Gasteiger partial charge in [-0.1, -0.05) is 30.3 Å². The van der Waals surface area contributed by atoms with Gasteiger partial charge in [-0.05, 0) is 30.2 Å². The molecule has 138 valence electrons. The van der Waals surface area contributed by atoms with Crippen LogP contribution in [-0.2, 0) is 20.7 Å². The number of anilines is 2. The first-order valence-electron chi connectivity index (χ1n) is 8.97. The van der Waals surface area contributed by atoms with Crippen LogP contribution in [0.5, 0.6) is 0 Å². The van der Waals surface area contributed by atoms with Crippen molar-refractivity contribution in [2.24, 2.45) is 5.92 Å². The van der Waals surface area contributed by atoms with Crippen LogP contribution in [0, 0.1) is 5.92 Å². The Morgan fingerprint density at radius 3 is 2.52 bits per heavy atom. The van der Waals surface area contributed by atoms with Gasteiger partial charge in [0.05, 0.1) is 24.3 Å². The number of hydrogen-bond acceptors (Lipinski definition) is 4. The average Bonchev–Trinajstić information content (AvgIpc) is 3.30. The molecule has 2 amide bonds. The summed E-state index contributed by atoms with van der Waals surface area (Å²) in [7, 11) is 1.31. The number of hydrogen-bond donors (Lipinski definition) is 0. The van der Waals surface area contributed by atoms with Crippen molar-refractivity contribution in [1.82, 2.24) is 0 Å². The molecule has 2 aliphatic rings.